The van der Waals surface area contributed by atoms with Crippen LogP contribution in [0.25, 0.3) is 0 Å². The number of benzene rings is 2. The minimum atomic E-state index is -0.650. The average Bonchev–Trinajstić information content (AvgIpc) is 3.23. The first-order valence-corrected chi connectivity index (χ1v) is 9.78. The highest BCUT2D eigenvalue weighted by Gasteiger charge is 2.35. The molecule has 1 fully saturated rings. The Labute approximate surface area is 170 Å². The minimum absolute atomic E-state index is 0.143. The third kappa shape index (κ3) is 5.42. The van der Waals surface area contributed by atoms with E-state index in [1.54, 1.807) is 11.1 Å². The number of rotatable bonds is 7. The van der Waals surface area contributed by atoms with E-state index in [1.807, 2.05) is 54.6 Å². The maximum atomic E-state index is 12.8. The van der Waals surface area contributed by atoms with E-state index in [9.17, 15) is 9.59 Å². The molecule has 0 aromatic heterocycles. The van der Waals surface area contributed by atoms with Gasteiger partial charge in [-0.1, -0.05) is 54.6 Å². The van der Waals surface area contributed by atoms with Crippen LogP contribution >= 0.6 is 0 Å². The fourth-order valence-corrected chi connectivity index (χ4v) is 3.59. The SMILES string of the molecule is NN=Cc1ccc(CNC(=O)[C@@H]2CCCN2C(=O)[C@H](N)Cc2ccccc2)cc1. The van der Waals surface area contributed by atoms with Crippen LogP contribution in [0.2, 0.25) is 0 Å². The van der Waals surface area contributed by atoms with Gasteiger partial charge in [-0.05, 0) is 36.0 Å². The Balaban J connectivity index is 1.56. The maximum Gasteiger partial charge on any atom is 0.243 e. The second-order valence-electron chi connectivity index (χ2n) is 7.22. The lowest BCUT2D eigenvalue weighted by atomic mass is 10.1. The quantitative estimate of drug-likeness (QED) is 0.372. The summed E-state index contributed by atoms with van der Waals surface area (Å²) in [5.74, 6) is 4.83. The van der Waals surface area contributed by atoms with Crippen molar-refractivity contribution in [1.82, 2.24) is 10.2 Å². The molecule has 152 valence electrons. The van der Waals surface area contributed by atoms with Gasteiger partial charge in [0.2, 0.25) is 11.8 Å². The zero-order valence-corrected chi connectivity index (χ0v) is 16.3. The summed E-state index contributed by atoms with van der Waals surface area (Å²) >= 11 is 0. The van der Waals surface area contributed by atoms with Crippen molar-refractivity contribution in [2.45, 2.75) is 37.9 Å². The zero-order chi connectivity index (χ0) is 20.6. The summed E-state index contributed by atoms with van der Waals surface area (Å²) in [4.78, 5) is 27.2. The van der Waals surface area contributed by atoms with Crippen LogP contribution in [0, 0.1) is 0 Å². The largest absolute Gasteiger partial charge is 0.350 e. The molecule has 1 heterocycles. The van der Waals surface area contributed by atoms with Crippen molar-refractivity contribution in [1.29, 1.82) is 0 Å². The van der Waals surface area contributed by atoms with Crippen LogP contribution in [0.1, 0.15) is 29.5 Å². The Hall–Kier alpha value is -3.19. The highest BCUT2D eigenvalue weighted by atomic mass is 16.2. The van der Waals surface area contributed by atoms with Gasteiger partial charge in [0, 0.05) is 13.1 Å². The van der Waals surface area contributed by atoms with E-state index in [-0.39, 0.29) is 11.8 Å². The van der Waals surface area contributed by atoms with Crippen LogP contribution in [0.4, 0.5) is 0 Å². The van der Waals surface area contributed by atoms with Gasteiger partial charge < -0.3 is 21.8 Å². The molecular weight excluding hydrogens is 366 g/mol. The van der Waals surface area contributed by atoms with Crippen LogP contribution in [0.5, 0.6) is 0 Å². The summed E-state index contributed by atoms with van der Waals surface area (Å²) in [6.45, 7) is 0.958. The molecule has 2 atom stereocenters. The van der Waals surface area contributed by atoms with Gasteiger partial charge in [0.15, 0.2) is 0 Å². The Morgan fingerprint density at radius 3 is 2.55 bits per heavy atom. The molecule has 2 aromatic carbocycles. The number of nitrogens with one attached hydrogen (secondary N) is 1. The Morgan fingerprint density at radius 1 is 1.14 bits per heavy atom. The van der Waals surface area contributed by atoms with Gasteiger partial charge in [-0.3, -0.25) is 9.59 Å². The molecule has 0 saturated carbocycles. The molecule has 7 heteroatoms. The molecule has 7 nitrogen and oxygen atoms in total. The van der Waals surface area contributed by atoms with Crippen LogP contribution in [0.3, 0.4) is 0 Å². The highest BCUT2D eigenvalue weighted by molar-refractivity contribution is 5.90. The molecule has 1 saturated heterocycles. The molecule has 1 aliphatic heterocycles. The van der Waals surface area contributed by atoms with Gasteiger partial charge >= 0.3 is 0 Å². The van der Waals surface area contributed by atoms with Crippen molar-refractivity contribution in [2.24, 2.45) is 16.7 Å². The molecular formula is C22H27N5O2. The molecule has 3 rings (SSSR count). The van der Waals surface area contributed by atoms with Gasteiger partial charge in [-0.15, -0.1) is 0 Å². The summed E-state index contributed by atoms with van der Waals surface area (Å²) in [7, 11) is 0. The fraction of sp³-hybridized carbons (Fsp3) is 0.318. The van der Waals surface area contributed by atoms with Crippen molar-refractivity contribution in [3.63, 3.8) is 0 Å². The zero-order valence-electron chi connectivity index (χ0n) is 16.3. The Kier molecular flexibility index (Phi) is 6.97. The Bertz CT molecular complexity index is 851. The highest BCUT2D eigenvalue weighted by Crippen LogP contribution is 2.19. The van der Waals surface area contributed by atoms with Gasteiger partial charge in [0.25, 0.3) is 0 Å². The third-order valence-corrected chi connectivity index (χ3v) is 5.12. The van der Waals surface area contributed by atoms with E-state index < -0.39 is 12.1 Å². The van der Waals surface area contributed by atoms with Crippen molar-refractivity contribution in [2.75, 3.05) is 6.54 Å². The van der Waals surface area contributed by atoms with E-state index in [2.05, 4.69) is 10.4 Å². The summed E-state index contributed by atoms with van der Waals surface area (Å²) < 4.78 is 0. The molecule has 2 aromatic rings. The Morgan fingerprint density at radius 2 is 1.86 bits per heavy atom. The predicted octanol–water partition coefficient (Wildman–Crippen LogP) is 1.16. The summed E-state index contributed by atoms with van der Waals surface area (Å²) in [5, 5.41) is 6.42. The molecule has 5 N–H and O–H groups in total. The number of likely N-dealkylation sites (tertiary alicyclic amines) is 1. The molecule has 1 aliphatic rings. The molecule has 0 spiro atoms. The normalized spacial score (nSPS) is 17.4. The summed E-state index contributed by atoms with van der Waals surface area (Å²) in [6, 6.07) is 16.1. The average molecular weight is 393 g/mol. The monoisotopic (exact) mass is 393 g/mol. The second kappa shape index (κ2) is 9.84. The van der Waals surface area contributed by atoms with Crippen LogP contribution in [0.15, 0.2) is 59.7 Å². The van der Waals surface area contributed by atoms with Crippen molar-refractivity contribution < 1.29 is 9.59 Å². The van der Waals surface area contributed by atoms with Crippen molar-refractivity contribution in [3.05, 3.63) is 71.3 Å². The van der Waals surface area contributed by atoms with E-state index in [0.717, 1.165) is 23.1 Å². The smallest absolute Gasteiger partial charge is 0.243 e. The number of carbonyl (C=O) groups is 2. The number of carbonyl (C=O) groups excluding carboxylic acids is 2. The number of amides is 2. The molecule has 0 radical (unpaired) electrons. The van der Waals surface area contributed by atoms with Crippen LogP contribution < -0.4 is 16.9 Å². The number of hydrogen-bond acceptors (Lipinski definition) is 5. The third-order valence-electron chi connectivity index (χ3n) is 5.12. The first-order valence-electron chi connectivity index (χ1n) is 9.78. The van der Waals surface area contributed by atoms with Crippen molar-refractivity contribution >= 4 is 18.0 Å². The molecule has 0 unspecified atom stereocenters. The lowest BCUT2D eigenvalue weighted by Crippen LogP contribution is -2.51. The van der Waals surface area contributed by atoms with Crippen LogP contribution in [-0.4, -0.2) is 41.6 Å². The second-order valence-corrected chi connectivity index (χ2v) is 7.22. The van der Waals surface area contributed by atoms with Gasteiger partial charge in [0.1, 0.15) is 6.04 Å². The lowest BCUT2D eigenvalue weighted by Gasteiger charge is -2.26. The van der Waals surface area contributed by atoms with Gasteiger partial charge in [-0.2, -0.15) is 5.10 Å². The molecule has 0 bridgehead atoms. The minimum Gasteiger partial charge on any atom is -0.350 e. The van der Waals surface area contributed by atoms with Crippen molar-refractivity contribution in [3.8, 4) is 0 Å². The van der Waals surface area contributed by atoms with E-state index in [4.69, 9.17) is 11.6 Å². The molecule has 2 amide bonds. The maximum absolute atomic E-state index is 12.8. The molecule has 0 aliphatic carbocycles. The number of hydrogen-bond donors (Lipinski definition) is 3. The van der Waals surface area contributed by atoms with E-state index in [0.29, 0.717) is 25.9 Å². The fourth-order valence-electron chi connectivity index (χ4n) is 3.59. The lowest BCUT2D eigenvalue weighted by molar-refractivity contribution is -0.139. The summed E-state index contributed by atoms with van der Waals surface area (Å²) in [5.41, 5.74) is 9.02. The first-order chi connectivity index (χ1) is 14.1. The number of nitrogens with two attached hydrogens (primary N) is 2. The number of hydrazone groups is 1. The van der Waals surface area contributed by atoms with E-state index >= 15 is 0 Å². The predicted molar refractivity (Wildman–Crippen MR) is 113 cm³/mol. The van der Waals surface area contributed by atoms with Gasteiger partial charge in [-0.25, -0.2) is 0 Å². The topological polar surface area (TPSA) is 114 Å². The first kappa shape index (κ1) is 20.5. The van der Waals surface area contributed by atoms with Crippen LogP contribution in [-0.2, 0) is 22.6 Å². The van der Waals surface area contributed by atoms with Gasteiger partial charge in [0.05, 0.1) is 12.3 Å². The molecule has 29 heavy (non-hydrogen) atoms. The standard InChI is InChI=1S/C22H27N5O2/c23-19(13-16-5-2-1-3-6-16)22(29)27-12-4-7-20(27)21(28)25-14-17-8-10-18(11-9-17)15-26-24/h1-3,5-6,8-11,15,19-20H,4,7,12-14,23-24H2,(H,25,28)/t19-,20+/m1/s1. The summed E-state index contributed by atoms with van der Waals surface area (Å²) in [6.07, 6.45) is 3.47. The number of nitrogens with zero attached hydrogens (tertiary/aromatic N) is 2. The van der Waals surface area contributed by atoms with E-state index in [1.165, 1.54) is 0 Å².